The van der Waals surface area contributed by atoms with Crippen LogP contribution in [0, 0.1) is 0 Å². The van der Waals surface area contributed by atoms with Crippen LogP contribution < -0.4 is 0 Å². The van der Waals surface area contributed by atoms with Gasteiger partial charge in [0, 0.05) is 0 Å². The molecule has 1 atom stereocenters. The van der Waals surface area contributed by atoms with Crippen LogP contribution in [0.15, 0.2) is 54.1 Å². The van der Waals surface area contributed by atoms with Gasteiger partial charge in [-0.25, -0.2) is 0 Å². The molecule has 0 radical (unpaired) electrons. The average molecular weight is 228 g/mol. The maximum atomic E-state index is 10.4. The van der Waals surface area contributed by atoms with Crippen LogP contribution in [0.4, 0.5) is 0 Å². The summed E-state index contributed by atoms with van der Waals surface area (Å²) in [5, 5.41) is 10.4. The first-order valence-corrected chi connectivity index (χ1v) is 6.35. The number of hydrogen-bond donors (Lipinski definition) is 1. The van der Waals surface area contributed by atoms with Crippen molar-refractivity contribution in [3.8, 4) is 0 Å². The second-order valence-corrected chi connectivity index (χ2v) is 4.87. The summed E-state index contributed by atoms with van der Waals surface area (Å²) in [6.07, 6.45) is 11.1. The van der Waals surface area contributed by atoms with E-state index in [1.807, 2.05) is 43.3 Å². The van der Waals surface area contributed by atoms with Gasteiger partial charge in [-0.3, -0.25) is 0 Å². The molecule has 1 N–H and O–H groups in total. The molecule has 1 aliphatic carbocycles. The van der Waals surface area contributed by atoms with Gasteiger partial charge < -0.3 is 5.11 Å². The Hall–Kier alpha value is -1.34. The number of aliphatic hydroxyl groups is 1. The van der Waals surface area contributed by atoms with Crippen molar-refractivity contribution in [2.75, 3.05) is 0 Å². The van der Waals surface area contributed by atoms with Gasteiger partial charge in [0.25, 0.3) is 0 Å². The largest absolute Gasteiger partial charge is 0.381 e. The van der Waals surface area contributed by atoms with Crippen molar-refractivity contribution in [3.05, 3.63) is 59.7 Å². The van der Waals surface area contributed by atoms with Crippen LogP contribution in [-0.4, -0.2) is 5.11 Å². The molecule has 0 aromatic heterocycles. The van der Waals surface area contributed by atoms with E-state index in [9.17, 15) is 5.11 Å². The van der Waals surface area contributed by atoms with Crippen LogP contribution in [0.3, 0.4) is 0 Å². The van der Waals surface area contributed by atoms with Crippen LogP contribution in [0.2, 0.25) is 0 Å². The Kier molecular flexibility index (Phi) is 3.80. The predicted octanol–water partition coefficient (Wildman–Crippen LogP) is 3.95. The van der Waals surface area contributed by atoms with E-state index in [2.05, 4.69) is 12.2 Å². The molecule has 0 saturated heterocycles. The van der Waals surface area contributed by atoms with Crippen LogP contribution in [-0.2, 0) is 5.60 Å². The summed E-state index contributed by atoms with van der Waals surface area (Å²) in [4.78, 5) is 0. The van der Waals surface area contributed by atoms with Gasteiger partial charge in [0.05, 0.1) is 0 Å². The van der Waals surface area contributed by atoms with Gasteiger partial charge in [0.1, 0.15) is 5.60 Å². The Morgan fingerprint density at radius 3 is 2.59 bits per heavy atom. The fourth-order valence-electron chi connectivity index (χ4n) is 2.16. The second-order valence-electron chi connectivity index (χ2n) is 4.87. The van der Waals surface area contributed by atoms with Crippen molar-refractivity contribution in [2.45, 2.75) is 38.2 Å². The molecule has 1 unspecified atom stereocenters. The quantitative estimate of drug-likeness (QED) is 0.830. The van der Waals surface area contributed by atoms with Gasteiger partial charge in [-0.1, -0.05) is 48.1 Å². The van der Waals surface area contributed by atoms with E-state index in [0.717, 1.165) is 12.0 Å². The third-order valence-corrected chi connectivity index (χ3v) is 3.31. The molecule has 1 nitrogen and oxygen atoms in total. The van der Waals surface area contributed by atoms with E-state index in [0.29, 0.717) is 0 Å². The van der Waals surface area contributed by atoms with E-state index in [1.54, 1.807) is 0 Å². The maximum Gasteiger partial charge on any atom is 0.105 e. The minimum absolute atomic E-state index is 0.875. The molecule has 1 aliphatic rings. The number of hydrogen-bond acceptors (Lipinski definition) is 1. The lowest BCUT2D eigenvalue weighted by molar-refractivity contribution is 0.111. The summed E-state index contributed by atoms with van der Waals surface area (Å²) in [6, 6.07) is 9.79. The third kappa shape index (κ3) is 3.31. The summed E-state index contributed by atoms with van der Waals surface area (Å²) >= 11 is 0. The van der Waals surface area contributed by atoms with Crippen molar-refractivity contribution in [3.63, 3.8) is 0 Å². The van der Waals surface area contributed by atoms with Gasteiger partial charge >= 0.3 is 0 Å². The standard InChI is InChI=1S/C16H20O/c1-16(17,15-10-6-3-7-11-15)13-12-14-8-4-2-5-9-14/h3,6-8,10-13,17H,2,4-5,9H2,1H3/b13-12+. The summed E-state index contributed by atoms with van der Waals surface area (Å²) in [5.74, 6) is 0. The summed E-state index contributed by atoms with van der Waals surface area (Å²) in [6.45, 7) is 1.84. The zero-order chi connectivity index (χ0) is 12.1. The molecule has 17 heavy (non-hydrogen) atoms. The molecule has 1 aromatic rings. The highest BCUT2D eigenvalue weighted by Crippen LogP contribution is 2.24. The summed E-state index contributed by atoms with van der Waals surface area (Å²) in [5.41, 5.74) is 1.42. The topological polar surface area (TPSA) is 20.2 Å². The lowest BCUT2D eigenvalue weighted by Gasteiger charge is -2.20. The minimum atomic E-state index is -0.875. The zero-order valence-electron chi connectivity index (χ0n) is 10.4. The molecule has 0 heterocycles. The van der Waals surface area contributed by atoms with Crippen LogP contribution >= 0.6 is 0 Å². The summed E-state index contributed by atoms with van der Waals surface area (Å²) in [7, 11) is 0. The van der Waals surface area contributed by atoms with Crippen molar-refractivity contribution in [2.24, 2.45) is 0 Å². The maximum absolute atomic E-state index is 10.4. The van der Waals surface area contributed by atoms with E-state index in [1.165, 1.54) is 24.8 Å². The Morgan fingerprint density at radius 1 is 1.18 bits per heavy atom. The van der Waals surface area contributed by atoms with E-state index in [4.69, 9.17) is 0 Å². The fourth-order valence-corrected chi connectivity index (χ4v) is 2.16. The first-order chi connectivity index (χ1) is 8.18. The van der Waals surface area contributed by atoms with Crippen LogP contribution in [0.5, 0.6) is 0 Å². The van der Waals surface area contributed by atoms with Gasteiger partial charge in [0.15, 0.2) is 0 Å². The molecular weight excluding hydrogens is 208 g/mol. The SMILES string of the molecule is CC(O)(/C=C/C1=CCCCC1)c1ccccc1. The van der Waals surface area contributed by atoms with Gasteiger partial charge in [-0.2, -0.15) is 0 Å². The van der Waals surface area contributed by atoms with E-state index < -0.39 is 5.60 Å². The second kappa shape index (κ2) is 5.33. The first-order valence-electron chi connectivity index (χ1n) is 6.35. The number of allylic oxidation sites excluding steroid dienone is 3. The minimum Gasteiger partial charge on any atom is -0.381 e. The monoisotopic (exact) mass is 228 g/mol. The highest BCUT2D eigenvalue weighted by Gasteiger charge is 2.18. The fraction of sp³-hybridized carbons (Fsp3) is 0.375. The molecule has 90 valence electrons. The lowest BCUT2D eigenvalue weighted by Crippen LogP contribution is -2.17. The Labute approximate surface area is 103 Å². The van der Waals surface area contributed by atoms with Crippen LogP contribution in [0.1, 0.15) is 38.2 Å². The van der Waals surface area contributed by atoms with Gasteiger partial charge in [-0.15, -0.1) is 0 Å². The molecule has 2 rings (SSSR count). The lowest BCUT2D eigenvalue weighted by atomic mass is 9.93. The van der Waals surface area contributed by atoms with Crippen LogP contribution in [0.25, 0.3) is 0 Å². The number of rotatable bonds is 3. The number of benzene rings is 1. The molecule has 0 aliphatic heterocycles. The van der Waals surface area contributed by atoms with Gasteiger partial charge in [0.2, 0.25) is 0 Å². The molecule has 0 spiro atoms. The van der Waals surface area contributed by atoms with Crippen molar-refractivity contribution >= 4 is 0 Å². The van der Waals surface area contributed by atoms with Crippen molar-refractivity contribution in [1.82, 2.24) is 0 Å². The van der Waals surface area contributed by atoms with E-state index >= 15 is 0 Å². The summed E-state index contributed by atoms with van der Waals surface area (Å²) < 4.78 is 0. The predicted molar refractivity (Wildman–Crippen MR) is 71.7 cm³/mol. The molecule has 1 aromatic carbocycles. The zero-order valence-corrected chi connectivity index (χ0v) is 10.4. The Bertz CT molecular complexity index is 412. The molecule has 0 fully saturated rings. The molecule has 0 saturated carbocycles. The highest BCUT2D eigenvalue weighted by molar-refractivity contribution is 5.30. The van der Waals surface area contributed by atoms with Crippen molar-refractivity contribution < 1.29 is 5.11 Å². The smallest absolute Gasteiger partial charge is 0.105 e. The Morgan fingerprint density at radius 2 is 1.94 bits per heavy atom. The molecular formula is C16H20O. The normalized spacial score (nSPS) is 20.0. The van der Waals surface area contributed by atoms with Gasteiger partial charge in [-0.05, 0) is 44.2 Å². The highest BCUT2D eigenvalue weighted by atomic mass is 16.3. The third-order valence-electron chi connectivity index (χ3n) is 3.31. The van der Waals surface area contributed by atoms with Crippen molar-refractivity contribution in [1.29, 1.82) is 0 Å². The Balaban J connectivity index is 2.11. The molecule has 0 bridgehead atoms. The first kappa shape index (κ1) is 12.1. The average Bonchev–Trinajstić information content (AvgIpc) is 2.39. The molecule has 1 heteroatoms. The molecule has 0 amide bonds. The van der Waals surface area contributed by atoms with E-state index in [-0.39, 0.29) is 0 Å².